The largest absolute Gasteiger partial charge is 0.496 e. The number of rotatable bonds is 7. The van der Waals surface area contributed by atoms with E-state index in [1.165, 1.54) is 54.8 Å². The Labute approximate surface area is 211 Å². The maximum atomic E-state index is 13.5. The van der Waals surface area contributed by atoms with Gasteiger partial charge in [0.1, 0.15) is 12.3 Å². The van der Waals surface area contributed by atoms with Crippen molar-refractivity contribution in [2.24, 2.45) is 5.92 Å². The molecule has 0 saturated carbocycles. The average molecular weight is 505 g/mol. The van der Waals surface area contributed by atoms with E-state index in [0.29, 0.717) is 34.0 Å². The Hall–Kier alpha value is -2.09. The smallest absolute Gasteiger partial charge is 0.264 e. The number of piperidine rings is 1. The van der Waals surface area contributed by atoms with Gasteiger partial charge in [-0.2, -0.15) is 0 Å². The molecule has 184 valence electrons. The Morgan fingerprint density at radius 2 is 1.88 bits per heavy atom. The molecule has 1 saturated heterocycles. The van der Waals surface area contributed by atoms with E-state index < -0.39 is 0 Å². The zero-order valence-corrected chi connectivity index (χ0v) is 22.0. The van der Waals surface area contributed by atoms with Crippen molar-refractivity contribution >= 4 is 40.4 Å². The van der Waals surface area contributed by atoms with Crippen molar-refractivity contribution in [2.75, 3.05) is 51.3 Å². The lowest BCUT2D eigenvalue weighted by atomic mass is 9.91. The van der Waals surface area contributed by atoms with Crippen LogP contribution in [0.1, 0.15) is 48.3 Å². The van der Waals surface area contributed by atoms with Crippen LogP contribution >= 0.6 is 22.9 Å². The van der Waals surface area contributed by atoms with Crippen molar-refractivity contribution in [3.63, 3.8) is 0 Å². The van der Waals surface area contributed by atoms with Gasteiger partial charge in [-0.05, 0) is 63.3 Å². The quantitative estimate of drug-likeness (QED) is 0.495. The summed E-state index contributed by atoms with van der Waals surface area (Å²) >= 11 is 7.30. The second-order valence-corrected chi connectivity index (χ2v) is 11.1. The third-order valence-electron chi connectivity index (χ3n) is 7.79. The van der Waals surface area contributed by atoms with E-state index in [2.05, 4.69) is 13.8 Å². The number of hydrogen-bond donors (Lipinski definition) is 0. The van der Waals surface area contributed by atoms with Gasteiger partial charge in [-0.25, -0.2) is 0 Å². The van der Waals surface area contributed by atoms with Crippen LogP contribution in [0, 0.1) is 5.92 Å². The van der Waals surface area contributed by atoms with Gasteiger partial charge in [-0.15, -0.1) is 11.3 Å². The molecule has 1 aromatic heterocycles. The van der Waals surface area contributed by atoms with Gasteiger partial charge in [0, 0.05) is 12.1 Å². The predicted molar refractivity (Wildman–Crippen MR) is 138 cm³/mol. The fraction of sp³-hybridized carbons (Fsp3) is 0.538. The van der Waals surface area contributed by atoms with Gasteiger partial charge in [-0.1, -0.05) is 17.7 Å². The molecule has 0 atom stereocenters. The first kappa shape index (κ1) is 25.0. The molecule has 1 aromatic carbocycles. The number of ether oxygens (including phenoxy) is 1. The standard InChI is InChI=1S/C26H35ClN3O3S/c1-4-30(5-2)15-12-19(13-16-30)11-14-29-21-7-6-8-22(33-3)20(21)17-28(18-25(29)31)26(32)23-9-10-24(27)34-23/h6-10,19H,4-5,11-18H2,1-3H3/q+1. The zero-order chi connectivity index (χ0) is 24.3. The Kier molecular flexibility index (Phi) is 7.85. The van der Waals surface area contributed by atoms with E-state index in [-0.39, 0.29) is 18.4 Å². The predicted octanol–water partition coefficient (Wildman–Crippen LogP) is 5.06. The minimum absolute atomic E-state index is 0.0442. The van der Waals surface area contributed by atoms with Crippen molar-refractivity contribution in [3.8, 4) is 5.75 Å². The molecule has 0 unspecified atom stereocenters. The summed E-state index contributed by atoms with van der Waals surface area (Å²) in [6.07, 6.45) is 3.39. The first-order valence-electron chi connectivity index (χ1n) is 12.3. The number of fused-ring (bicyclic) bond motifs is 1. The molecule has 3 heterocycles. The number of benzene rings is 1. The number of nitrogens with zero attached hydrogens (tertiary/aromatic N) is 3. The number of halogens is 1. The summed E-state index contributed by atoms with van der Waals surface area (Å²) in [5.74, 6) is 1.10. The van der Waals surface area contributed by atoms with Gasteiger partial charge < -0.3 is 19.0 Å². The number of carbonyl (C=O) groups excluding carboxylic acids is 2. The molecule has 34 heavy (non-hydrogen) atoms. The molecule has 4 rings (SSSR count). The Bertz CT molecular complexity index is 1030. The molecule has 0 aliphatic carbocycles. The molecular weight excluding hydrogens is 470 g/mol. The lowest BCUT2D eigenvalue weighted by molar-refractivity contribution is -0.930. The molecule has 8 heteroatoms. The molecule has 0 radical (unpaired) electrons. The molecule has 2 aliphatic rings. The topological polar surface area (TPSA) is 49.9 Å². The lowest BCUT2D eigenvalue weighted by Gasteiger charge is -2.42. The first-order chi connectivity index (χ1) is 16.4. The van der Waals surface area contributed by atoms with E-state index in [1.807, 2.05) is 23.1 Å². The number of quaternary nitrogens is 1. The van der Waals surface area contributed by atoms with E-state index in [1.54, 1.807) is 24.1 Å². The van der Waals surface area contributed by atoms with Crippen LogP contribution in [0.5, 0.6) is 5.75 Å². The van der Waals surface area contributed by atoms with Crippen molar-refractivity contribution in [1.29, 1.82) is 0 Å². The molecule has 6 nitrogen and oxygen atoms in total. The van der Waals surface area contributed by atoms with E-state index >= 15 is 0 Å². The number of methoxy groups -OCH3 is 1. The highest BCUT2D eigenvalue weighted by molar-refractivity contribution is 7.17. The van der Waals surface area contributed by atoms with Crippen LogP contribution in [0.25, 0.3) is 0 Å². The van der Waals surface area contributed by atoms with E-state index in [9.17, 15) is 9.59 Å². The molecular formula is C26H35ClN3O3S+. The van der Waals surface area contributed by atoms with Gasteiger partial charge in [0.25, 0.3) is 5.91 Å². The number of hydrogen-bond acceptors (Lipinski definition) is 4. The number of thiophene rings is 1. The fourth-order valence-corrected chi connectivity index (χ4v) is 6.40. The monoisotopic (exact) mass is 504 g/mol. The number of likely N-dealkylation sites (tertiary alicyclic amines) is 1. The van der Waals surface area contributed by atoms with Crippen molar-refractivity contribution < 1.29 is 18.8 Å². The molecule has 2 aromatic rings. The van der Waals surface area contributed by atoms with Gasteiger partial charge in [0.05, 0.1) is 54.7 Å². The summed E-state index contributed by atoms with van der Waals surface area (Å²) < 4.78 is 7.41. The van der Waals surface area contributed by atoms with E-state index in [0.717, 1.165) is 17.7 Å². The van der Waals surface area contributed by atoms with Crippen LogP contribution in [-0.2, 0) is 11.3 Å². The Morgan fingerprint density at radius 3 is 2.50 bits per heavy atom. The average Bonchev–Trinajstić information content (AvgIpc) is 3.24. The van der Waals surface area contributed by atoms with Gasteiger partial charge in [0.2, 0.25) is 5.91 Å². The van der Waals surface area contributed by atoms with Gasteiger partial charge in [-0.3, -0.25) is 9.59 Å². The molecule has 2 aliphatic heterocycles. The Balaban J connectivity index is 1.53. The highest BCUT2D eigenvalue weighted by atomic mass is 35.5. The van der Waals surface area contributed by atoms with Gasteiger partial charge in [0.15, 0.2) is 0 Å². The van der Waals surface area contributed by atoms with Crippen LogP contribution in [0.2, 0.25) is 4.34 Å². The summed E-state index contributed by atoms with van der Waals surface area (Å²) in [5.41, 5.74) is 1.73. The molecule has 0 N–H and O–H groups in total. The number of amides is 2. The highest BCUT2D eigenvalue weighted by Crippen LogP contribution is 2.35. The second kappa shape index (κ2) is 10.7. The minimum atomic E-state index is -0.176. The summed E-state index contributed by atoms with van der Waals surface area (Å²) in [6, 6.07) is 9.23. The molecule has 0 spiro atoms. The van der Waals surface area contributed by atoms with Crippen LogP contribution in [-0.4, -0.2) is 67.6 Å². The van der Waals surface area contributed by atoms with Crippen LogP contribution in [0.3, 0.4) is 0 Å². The summed E-state index contributed by atoms with van der Waals surface area (Å²) in [6.45, 7) is 10.5. The maximum absolute atomic E-state index is 13.5. The third-order valence-corrected chi connectivity index (χ3v) is 9.01. The summed E-state index contributed by atoms with van der Waals surface area (Å²) in [5, 5.41) is 0. The maximum Gasteiger partial charge on any atom is 0.264 e. The second-order valence-electron chi connectivity index (χ2n) is 9.42. The van der Waals surface area contributed by atoms with Crippen molar-refractivity contribution in [3.05, 3.63) is 45.1 Å². The molecule has 2 amide bonds. The minimum Gasteiger partial charge on any atom is -0.496 e. The van der Waals surface area contributed by atoms with Crippen molar-refractivity contribution in [2.45, 2.75) is 39.7 Å². The van der Waals surface area contributed by atoms with Crippen LogP contribution in [0.4, 0.5) is 5.69 Å². The van der Waals surface area contributed by atoms with Crippen LogP contribution in [0.15, 0.2) is 30.3 Å². The third kappa shape index (κ3) is 5.11. The highest BCUT2D eigenvalue weighted by Gasteiger charge is 2.34. The van der Waals surface area contributed by atoms with Crippen LogP contribution < -0.4 is 9.64 Å². The molecule has 1 fully saturated rings. The van der Waals surface area contributed by atoms with E-state index in [4.69, 9.17) is 16.3 Å². The molecule has 0 bridgehead atoms. The normalized spacial score (nSPS) is 18.5. The number of carbonyl (C=O) groups is 2. The summed E-state index contributed by atoms with van der Waals surface area (Å²) in [4.78, 5) is 30.7. The fourth-order valence-electron chi connectivity index (χ4n) is 5.39. The number of anilines is 1. The van der Waals surface area contributed by atoms with Gasteiger partial charge >= 0.3 is 0 Å². The SMILES string of the molecule is CC[N+]1(CC)CCC(CCN2C(=O)CN(C(=O)c3ccc(Cl)s3)Cc3c(OC)cccc32)CC1. The zero-order valence-electron chi connectivity index (χ0n) is 20.4. The lowest BCUT2D eigenvalue weighted by Crippen LogP contribution is -2.52. The Morgan fingerprint density at radius 1 is 1.15 bits per heavy atom. The first-order valence-corrected chi connectivity index (χ1v) is 13.4. The summed E-state index contributed by atoms with van der Waals surface area (Å²) in [7, 11) is 1.63. The van der Waals surface area contributed by atoms with Crippen molar-refractivity contribution in [1.82, 2.24) is 4.90 Å².